The molecule has 0 amide bonds. The zero-order valence-corrected chi connectivity index (χ0v) is 10.4. The van der Waals surface area contributed by atoms with E-state index in [1.165, 1.54) is 25.7 Å². The van der Waals surface area contributed by atoms with Crippen molar-refractivity contribution in [2.45, 2.75) is 38.6 Å². The minimum Gasteiger partial charge on any atom is -0.397 e. The molecular weight excluding hydrogens is 220 g/mol. The molecule has 1 aromatic rings. The first-order chi connectivity index (χ1) is 7.66. The molecule has 0 saturated heterocycles. The van der Waals surface area contributed by atoms with Crippen LogP contribution < -0.4 is 11.1 Å². The normalized spacial score (nSPS) is 25.4. The van der Waals surface area contributed by atoms with Crippen LogP contribution in [0.3, 0.4) is 0 Å². The summed E-state index contributed by atoms with van der Waals surface area (Å²) in [4.78, 5) is 0. The minimum atomic E-state index is 0.553. The van der Waals surface area contributed by atoms with Gasteiger partial charge in [-0.1, -0.05) is 31.4 Å². The predicted molar refractivity (Wildman–Crippen MR) is 70.9 cm³/mol. The molecule has 2 rings (SSSR count). The topological polar surface area (TPSA) is 38.0 Å². The Kier molecular flexibility index (Phi) is 3.59. The number of rotatable bonds is 2. The molecule has 0 bridgehead atoms. The molecule has 0 heterocycles. The van der Waals surface area contributed by atoms with Gasteiger partial charge in [-0.05, 0) is 37.0 Å². The molecule has 1 saturated carbocycles. The summed E-state index contributed by atoms with van der Waals surface area (Å²) in [7, 11) is 0. The van der Waals surface area contributed by atoms with Crippen molar-refractivity contribution in [3.63, 3.8) is 0 Å². The molecule has 2 nitrogen and oxygen atoms in total. The lowest BCUT2D eigenvalue weighted by Gasteiger charge is -2.30. The van der Waals surface area contributed by atoms with Gasteiger partial charge in [0.25, 0.3) is 0 Å². The summed E-state index contributed by atoms with van der Waals surface area (Å²) in [6.07, 6.45) is 5.22. The van der Waals surface area contributed by atoms with Gasteiger partial charge in [0.15, 0.2) is 0 Å². The van der Waals surface area contributed by atoms with Gasteiger partial charge in [0.2, 0.25) is 0 Å². The molecule has 3 heteroatoms. The fourth-order valence-electron chi connectivity index (χ4n) is 2.40. The van der Waals surface area contributed by atoms with Gasteiger partial charge in [0.1, 0.15) is 0 Å². The monoisotopic (exact) mass is 238 g/mol. The van der Waals surface area contributed by atoms with E-state index >= 15 is 0 Å². The van der Waals surface area contributed by atoms with Gasteiger partial charge in [-0.3, -0.25) is 0 Å². The Morgan fingerprint density at radius 2 is 2.06 bits per heavy atom. The first-order valence-corrected chi connectivity index (χ1v) is 6.36. The molecule has 0 aromatic heterocycles. The third kappa shape index (κ3) is 2.62. The maximum absolute atomic E-state index is 5.94. The van der Waals surface area contributed by atoms with E-state index in [0.29, 0.717) is 11.1 Å². The van der Waals surface area contributed by atoms with Gasteiger partial charge in [-0.15, -0.1) is 0 Å². The van der Waals surface area contributed by atoms with Crippen LogP contribution in [0.2, 0.25) is 5.02 Å². The van der Waals surface area contributed by atoms with Crippen LogP contribution in [0.4, 0.5) is 11.4 Å². The molecule has 0 radical (unpaired) electrons. The quantitative estimate of drug-likeness (QED) is 0.767. The summed E-state index contributed by atoms with van der Waals surface area (Å²) < 4.78 is 0. The standard InChI is InChI=1S/C13H19ClN2/c1-9-4-2-3-5-12(9)16-13-7-6-10(14)8-11(13)15/h6-9,12,16H,2-5,15H2,1H3/t9-,12-/m1/s1. The number of nitrogen functional groups attached to an aromatic ring is 1. The van der Waals surface area contributed by atoms with Crippen LogP contribution in [0.1, 0.15) is 32.6 Å². The van der Waals surface area contributed by atoms with E-state index in [1.807, 2.05) is 12.1 Å². The Balaban J connectivity index is 2.07. The second kappa shape index (κ2) is 4.96. The van der Waals surface area contributed by atoms with E-state index in [4.69, 9.17) is 17.3 Å². The van der Waals surface area contributed by atoms with Crippen molar-refractivity contribution in [2.24, 2.45) is 5.92 Å². The summed E-state index contributed by atoms with van der Waals surface area (Å²) in [5, 5.41) is 4.24. The van der Waals surface area contributed by atoms with Crippen molar-refractivity contribution in [3.05, 3.63) is 23.2 Å². The second-order valence-electron chi connectivity index (χ2n) is 4.74. The lowest BCUT2D eigenvalue weighted by Crippen LogP contribution is -2.30. The number of hydrogen-bond donors (Lipinski definition) is 2. The van der Waals surface area contributed by atoms with Crippen LogP contribution in [0.25, 0.3) is 0 Å². The molecule has 1 aromatic carbocycles. The Bertz CT molecular complexity index is 365. The van der Waals surface area contributed by atoms with E-state index in [-0.39, 0.29) is 0 Å². The molecule has 3 N–H and O–H groups in total. The molecule has 2 atom stereocenters. The van der Waals surface area contributed by atoms with E-state index in [1.54, 1.807) is 6.07 Å². The summed E-state index contributed by atoms with van der Waals surface area (Å²) >= 11 is 5.88. The van der Waals surface area contributed by atoms with Gasteiger partial charge >= 0.3 is 0 Å². The van der Waals surface area contributed by atoms with Crippen LogP contribution in [-0.4, -0.2) is 6.04 Å². The SMILES string of the molecule is C[C@@H]1CCCC[C@H]1Nc1ccc(Cl)cc1N. The van der Waals surface area contributed by atoms with Crippen LogP contribution in [-0.2, 0) is 0 Å². The fourth-order valence-corrected chi connectivity index (χ4v) is 2.58. The lowest BCUT2D eigenvalue weighted by atomic mass is 9.86. The average molecular weight is 239 g/mol. The van der Waals surface area contributed by atoms with Crippen LogP contribution >= 0.6 is 11.6 Å². The van der Waals surface area contributed by atoms with Crippen LogP contribution in [0, 0.1) is 5.92 Å². The lowest BCUT2D eigenvalue weighted by molar-refractivity contribution is 0.349. The maximum atomic E-state index is 5.94. The van der Waals surface area contributed by atoms with Gasteiger partial charge < -0.3 is 11.1 Å². The zero-order chi connectivity index (χ0) is 11.5. The molecule has 1 aliphatic rings. The largest absolute Gasteiger partial charge is 0.397 e. The van der Waals surface area contributed by atoms with Crippen molar-refractivity contribution in [1.29, 1.82) is 0 Å². The molecule has 0 spiro atoms. The average Bonchev–Trinajstić information content (AvgIpc) is 2.25. The van der Waals surface area contributed by atoms with Crippen molar-refractivity contribution in [1.82, 2.24) is 0 Å². The number of halogens is 1. The summed E-state index contributed by atoms with van der Waals surface area (Å²) in [6.45, 7) is 2.31. The van der Waals surface area contributed by atoms with Gasteiger partial charge in [-0.25, -0.2) is 0 Å². The fraction of sp³-hybridized carbons (Fsp3) is 0.538. The minimum absolute atomic E-state index is 0.553. The highest BCUT2D eigenvalue weighted by Gasteiger charge is 2.21. The zero-order valence-electron chi connectivity index (χ0n) is 9.67. The molecule has 0 aliphatic heterocycles. The van der Waals surface area contributed by atoms with Crippen molar-refractivity contribution < 1.29 is 0 Å². The molecule has 0 unspecified atom stereocenters. The predicted octanol–water partition coefficient (Wildman–Crippen LogP) is 3.91. The van der Waals surface area contributed by atoms with Gasteiger partial charge in [-0.2, -0.15) is 0 Å². The molecule has 1 aliphatic carbocycles. The molecule has 16 heavy (non-hydrogen) atoms. The number of nitrogens with one attached hydrogen (secondary N) is 1. The Labute approximate surface area is 102 Å². The molecular formula is C13H19ClN2. The highest BCUT2D eigenvalue weighted by Crippen LogP contribution is 2.29. The summed E-state index contributed by atoms with van der Waals surface area (Å²) in [5.41, 5.74) is 7.69. The number of hydrogen-bond acceptors (Lipinski definition) is 2. The first kappa shape index (κ1) is 11.6. The Morgan fingerprint density at radius 1 is 1.31 bits per heavy atom. The van der Waals surface area contributed by atoms with Crippen molar-refractivity contribution in [3.8, 4) is 0 Å². The smallest absolute Gasteiger partial charge is 0.0577 e. The van der Waals surface area contributed by atoms with Crippen LogP contribution in [0.15, 0.2) is 18.2 Å². The number of benzene rings is 1. The number of anilines is 2. The van der Waals surface area contributed by atoms with Gasteiger partial charge in [0.05, 0.1) is 11.4 Å². The Morgan fingerprint density at radius 3 is 2.75 bits per heavy atom. The van der Waals surface area contributed by atoms with E-state index in [9.17, 15) is 0 Å². The van der Waals surface area contributed by atoms with E-state index in [0.717, 1.165) is 17.3 Å². The molecule has 1 fully saturated rings. The first-order valence-electron chi connectivity index (χ1n) is 5.98. The third-order valence-corrected chi connectivity index (χ3v) is 3.70. The number of nitrogens with two attached hydrogens (primary N) is 1. The highest BCUT2D eigenvalue weighted by molar-refractivity contribution is 6.31. The molecule has 88 valence electrons. The van der Waals surface area contributed by atoms with Crippen molar-refractivity contribution >= 4 is 23.0 Å². The second-order valence-corrected chi connectivity index (χ2v) is 5.18. The maximum Gasteiger partial charge on any atom is 0.0577 e. The van der Waals surface area contributed by atoms with Gasteiger partial charge in [0, 0.05) is 11.1 Å². The van der Waals surface area contributed by atoms with Crippen molar-refractivity contribution in [2.75, 3.05) is 11.1 Å². The van der Waals surface area contributed by atoms with E-state index < -0.39 is 0 Å². The van der Waals surface area contributed by atoms with E-state index in [2.05, 4.69) is 12.2 Å². The third-order valence-electron chi connectivity index (χ3n) is 3.47. The highest BCUT2D eigenvalue weighted by atomic mass is 35.5. The summed E-state index contributed by atoms with van der Waals surface area (Å²) in [5.74, 6) is 0.726. The van der Waals surface area contributed by atoms with Crippen LogP contribution in [0.5, 0.6) is 0 Å². The Hall–Kier alpha value is -0.890. The summed E-state index contributed by atoms with van der Waals surface area (Å²) in [6, 6.07) is 6.21.